The molecule has 8 nitrogen and oxygen atoms in total. The summed E-state index contributed by atoms with van der Waals surface area (Å²) in [5, 5.41) is 0. The third-order valence-corrected chi connectivity index (χ3v) is 3.63. The van der Waals surface area contributed by atoms with Crippen molar-refractivity contribution in [2.24, 2.45) is 9.98 Å². The Morgan fingerprint density at radius 3 is 1.58 bits per heavy atom. The van der Waals surface area contributed by atoms with Gasteiger partial charge in [0.2, 0.25) is 11.8 Å². The molecule has 2 heterocycles. The van der Waals surface area contributed by atoms with Crippen molar-refractivity contribution in [3.05, 3.63) is 35.4 Å². The predicted molar refractivity (Wildman–Crippen MR) is 83.0 cm³/mol. The van der Waals surface area contributed by atoms with E-state index < -0.39 is 24.0 Å². The van der Waals surface area contributed by atoms with Crippen LogP contribution in [0.15, 0.2) is 34.3 Å². The Morgan fingerprint density at radius 2 is 1.25 bits per heavy atom. The van der Waals surface area contributed by atoms with Crippen LogP contribution in [0.4, 0.5) is 0 Å². The molecule has 8 heteroatoms. The topological polar surface area (TPSA) is 95.8 Å². The number of rotatable bonds is 4. The zero-order valence-electron chi connectivity index (χ0n) is 13.2. The Morgan fingerprint density at radius 1 is 0.875 bits per heavy atom. The van der Waals surface area contributed by atoms with E-state index >= 15 is 0 Å². The molecule has 0 bridgehead atoms. The first-order valence-electron chi connectivity index (χ1n) is 7.30. The lowest BCUT2D eigenvalue weighted by atomic mass is 10.1. The van der Waals surface area contributed by atoms with Gasteiger partial charge in [0.1, 0.15) is 13.2 Å². The van der Waals surface area contributed by atoms with Crippen molar-refractivity contribution < 1.29 is 28.5 Å². The summed E-state index contributed by atoms with van der Waals surface area (Å²) in [5.41, 5.74) is 1.46. The van der Waals surface area contributed by atoms with Gasteiger partial charge in [0.25, 0.3) is 0 Å². The van der Waals surface area contributed by atoms with Gasteiger partial charge in [-0.2, -0.15) is 0 Å². The summed E-state index contributed by atoms with van der Waals surface area (Å²) >= 11 is 0. The van der Waals surface area contributed by atoms with E-state index in [1.165, 1.54) is 14.2 Å². The Hall–Kier alpha value is -2.90. The second kappa shape index (κ2) is 6.69. The van der Waals surface area contributed by atoms with E-state index in [1.807, 2.05) is 0 Å². The molecule has 0 aliphatic carbocycles. The molecule has 0 aromatic heterocycles. The van der Waals surface area contributed by atoms with Crippen molar-refractivity contribution >= 4 is 23.7 Å². The van der Waals surface area contributed by atoms with Crippen molar-refractivity contribution in [2.45, 2.75) is 12.1 Å². The van der Waals surface area contributed by atoms with Crippen LogP contribution >= 0.6 is 0 Å². The molecular formula is C16H16N2O6. The van der Waals surface area contributed by atoms with Crippen LogP contribution < -0.4 is 0 Å². The van der Waals surface area contributed by atoms with Gasteiger partial charge >= 0.3 is 11.9 Å². The Balaban J connectivity index is 1.73. The van der Waals surface area contributed by atoms with Crippen LogP contribution in [-0.2, 0) is 28.5 Å². The van der Waals surface area contributed by atoms with Gasteiger partial charge in [-0.15, -0.1) is 0 Å². The Kier molecular flexibility index (Phi) is 4.45. The molecule has 0 fully saturated rings. The lowest BCUT2D eigenvalue weighted by Gasteiger charge is -2.04. The molecule has 2 atom stereocenters. The highest BCUT2D eigenvalue weighted by atomic mass is 16.5. The van der Waals surface area contributed by atoms with Crippen LogP contribution in [0, 0.1) is 0 Å². The SMILES string of the molecule is COC(=O)C1COC(c2ccc(C3=NC(C(=O)OC)CO3)cc2)=N1. The van der Waals surface area contributed by atoms with Crippen LogP contribution in [0.25, 0.3) is 0 Å². The average molecular weight is 332 g/mol. The Labute approximate surface area is 138 Å². The van der Waals surface area contributed by atoms with Gasteiger partial charge in [0, 0.05) is 11.1 Å². The molecule has 0 saturated carbocycles. The number of ether oxygens (including phenoxy) is 4. The van der Waals surface area contributed by atoms with Crippen LogP contribution in [0.1, 0.15) is 11.1 Å². The summed E-state index contributed by atoms with van der Waals surface area (Å²) in [6.45, 7) is 0.334. The average Bonchev–Trinajstić information content (AvgIpc) is 3.30. The fourth-order valence-corrected chi connectivity index (χ4v) is 2.33. The molecule has 2 unspecified atom stereocenters. The molecule has 1 aromatic rings. The Bertz CT molecular complexity index is 649. The van der Waals surface area contributed by atoms with E-state index in [0.29, 0.717) is 11.8 Å². The number of hydrogen-bond donors (Lipinski definition) is 0. The number of carbonyl (C=O) groups is 2. The van der Waals surface area contributed by atoms with E-state index in [0.717, 1.165) is 11.1 Å². The molecular weight excluding hydrogens is 316 g/mol. The molecule has 126 valence electrons. The molecule has 0 saturated heterocycles. The predicted octanol–water partition coefficient (Wildman–Crippen LogP) is 0.323. The minimum atomic E-state index is -0.631. The third-order valence-electron chi connectivity index (χ3n) is 3.63. The van der Waals surface area contributed by atoms with Crippen molar-refractivity contribution in [1.29, 1.82) is 0 Å². The minimum Gasteiger partial charge on any atom is -0.475 e. The molecule has 0 spiro atoms. The first-order chi connectivity index (χ1) is 11.6. The zero-order chi connectivity index (χ0) is 17.1. The van der Waals surface area contributed by atoms with E-state index in [1.54, 1.807) is 24.3 Å². The second-order valence-electron chi connectivity index (χ2n) is 5.15. The molecule has 0 amide bonds. The molecule has 0 N–H and O–H groups in total. The van der Waals surface area contributed by atoms with E-state index in [2.05, 4.69) is 19.5 Å². The minimum absolute atomic E-state index is 0.167. The second-order valence-corrected chi connectivity index (χ2v) is 5.15. The zero-order valence-corrected chi connectivity index (χ0v) is 13.2. The van der Waals surface area contributed by atoms with Gasteiger partial charge in [-0.1, -0.05) is 0 Å². The van der Waals surface area contributed by atoms with E-state index in [-0.39, 0.29) is 13.2 Å². The monoisotopic (exact) mass is 332 g/mol. The molecule has 0 radical (unpaired) electrons. The number of nitrogens with zero attached hydrogens (tertiary/aromatic N) is 2. The number of esters is 2. The molecule has 2 aliphatic heterocycles. The maximum atomic E-state index is 11.5. The van der Waals surface area contributed by atoms with Gasteiger partial charge in [0.15, 0.2) is 12.1 Å². The molecule has 2 aliphatic rings. The van der Waals surface area contributed by atoms with Crippen LogP contribution in [0.5, 0.6) is 0 Å². The number of methoxy groups -OCH3 is 2. The fourth-order valence-electron chi connectivity index (χ4n) is 2.33. The number of aliphatic imine (C=N–C) groups is 2. The van der Waals surface area contributed by atoms with Gasteiger partial charge < -0.3 is 18.9 Å². The highest BCUT2D eigenvalue weighted by Crippen LogP contribution is 2.17. The van der Waals surface area contributed by atoms with Crippen molar-refractivity contribution in [2.75, 3.05) is 27.4 Å². The number of benzene rings is 1. The maximum absolute atomic E-state index is 11.5. The van der Waals surface area contributed by atoms with Crippen molar-refractivity contribution in [3.8, 4) is 0 Å². The van der Waals surface area contributed by atoms with Gasteiger partial charge in [0.05, 0.1) is 14.2 Å². The van der Waals surface area contributed by atoms with E-state index in [4.69, 9.17) is 9.47 Å². The van der Waals surface area contributed by atoms with E-state index in [9.17, 15) is 9.59 Å². The summed E-state index contributed by atoms with van der Waals surface area (Å²) < 4.78 is 20.2. The van der Waals surface area contributed by atoms with Gasteiger partial charge in [-0.3, -0.25) is 0 Å². The normalized spacial score (nSPS) is 22.1. The summed E-state index contributed by atoms with van der Waals surface area (Å²) in [4.78, 5) is 31.3. The molecule has 3 rings (SSSR count). The van der Waals surface area contributed by atoms with Crippen molar-refractivity contribution in [3.63, 3.8) is 0 Å². The van der Waals surface area contributed by atoms with Crippen LogP contribution in [0.3, 0.4) is 0 Å². The maximum Gasteiger partial charge on any atom is 0.334 e. The quantitative estimate of drug-likeness (QED) is 0.737. The lowest BCUT2D eigenvalue weighted by molar-refractivity contribution is -0.143. The van der Waals surface area contributed by atoms with Crippen LogP contribution in [0.2, 0.25) is 0 Å². The fraction of sp³-hybridized carbons (Fsp3) is 0.375. The van der Waals surface area contributed by atoms with Crippen molar-refractivity contribution in [1.82, 2.24) is 0 Å². The lowest BCUT2D eigenvalue weighted by Crippen LogP contribution is -2.21. The first-order valence-corrected chi connectivity index (χ1v) is 7.30. The van der Waals surface area contributed by atoms with Gasteiger partial charge in [-0.25, -0.2) is 19.6 Å². The summed E-state index contributed by atoms with van der Waals surface area (Å²) in [7, 11) is 2.63. The largest absolute Gasteiger partial charge is 0.475 e. The third kappa shape index (κ3) is 3.08. The standard InChI is InChI=1S/C16H16N2O6/c1-21-15(19)11-7-23-13(17-11)9-3-5-10(6-4-9)14-18-12(8-24-14)16(20)22-2/h3-6,11-12H,7-8H2,1-2H3. The highest BCUT2D eigenvalue weighted by molar-refractivity contribution is 6.00. The first kappa shape index (κ1) is 16.0. The summed E-state index contributed by atoms with van der Waals surface area (Å²) in [6.07, 6.45) is 0. The summed E-state index contributed by atoms with van der Waals surface area (Å²) in [5.74, 6) is -0.0781. The van der Waals surface area contributed by atoms with Crippen LogP contribution in [-0.4, -0.2) is 63.3 Å². The van der Waals surface area contributed by atoms with Gasteiger partial charge in [-0.05, 0) is 24.3 Å². The molecule has 1 aromatic carbocycles. The highest BCUT2D eigenvalue weighted by Gasteiger charge is 2.29. The number of hydrogen-bond acceptors (Lipinski definition) is 8. The number of carbonyl (C=O) groups excluding carboxylic acids is 2. The smallest absolute Gasteiger partial charge is 0.334 e. The molecule has 24 heavy (non-hydrogen) atoms. The summed E-state index contributed by atoms with van der Waals surface area (Å²) in [6, 6.07) is 5.87.